The minimum absolute atomic E-state index is 0.0769. The van der Waals surface area contributed by atoms with Crippen LogP contribution in [0.15, 0.2) is 66.7 Å². The van der Waals surface area contributed by atoms with Crippen LogP contribution in [0.2, 0.25) is 0 Å². The summed E-state index contributed by atoms with van der Waals surface area (Å²) in [5, 5.41) is 3.01. The number of nitrogens with zero attached hydrogens (tertiary/aromatic N) is 1. The van der Waals surface area contributed by atoms with Crippen molar-refractivity contribution in [3.8, 4) is 11.5 Å². The highest BCUT2D eigenvalue weighted by atomic mass is 16.5. The fraction of sp³-hybridized carbons (Fsp3) is 0.269. The number of nitrogens with one attached hydrogen (secondary N) is 1. The SMILES string of the molecule is COc1cccc(CN2CCOc3ccc(C(=O)NCc4ccc(C)cc4)cc3C2)c1. The van der Waals surface area contributed by atoms with Gasteiger partial charge < -0.3 is 14.8 Å². The summed E-state index contributed by atoms with van der Waals surface area (Å²) in [5.41, 5.74) is 5.16. The monoisotopic (exact) mass is 416 g/mol. The summed E-state index contributed by atoms with van der Waals surface area (Å²) in [5.74, 6) is 1.63. The number of fused-ring (bicyclic) bond motifs is 1. The van der Waals surface area contributed by atoms with E-state index >= 15 is 0 Å². The number of hydrogen-bond donors (Lipinski definition) is 1. The molecule has 3 aromatic rings. The van der Waals surface area contributed by atoms with Crippen LogP contribution in [0.3, 0.4) is 0 Å². The van der Waals surface area contributed by atoms with Crippen molar-refractivity contribution < 1.29 is 14.3 Å². The van der Waals surface area contributed by atoms with Crippen molar-refractivity contribution in [1.29, 1.82) is 0 Å². The standard InChI is InChI=1S/C26H28N2O3/c1-19-6-8-20(9-7-19)16-27-26(29)22-10-11-25-23(15-22)18-28(12-13-31-25)17-21-4-3-5-24(14-21)30-2/h3-11,14-15H,12-13,16-18H2,1-2H3,(H,27,29). The summed E-state index contributed by atoms with van der Waals surface area (Å²) in [6.07, 6.45) is 0. The predicted octanol–water partition coefficient (Wildman–Crippen LogP) is 4.33. The van der Waals surface area contributed by atoms with Crippen molar-refractivity contribution in [1.82, 2.24) is 10.2 Å². The number of benzene rings is 3. The summed E-state index contributed by atoms with van der Waals surface area (Å²) in [6, 6.07) is 22.0. The van der Waals surface area contributed by atoms with Crippen molar-refractivity contribution in [2.75, 3.05) is 20.3 Å². The Bertz CT molecular complexity index is 1050. The maximum absolute atomic E-state index is 12.7. The van der Waals surface area contributed by atoms with E-state index in [9.17, 15) is 4.79 Å². The summed E-state index contributed by atoms with van der Waals surface area (Å²) < 4.78 is 11.3. The molecule has 0 saturated heterocycles. The first-order valence-electron chi connectivity index (χ1n) is 10.6. The van der Waals surface area contributed by atoms with Crippen LogP contribution in [-0.4, -0.2) is 31.1 Å². The molecule has 0 atom stereocenters. The Hall–Kier alpha value is -3.31. The average molecular weight is 417 g/mol. The quantitative estimate of drug-likeness (QED) is 0.650. The van der Waals surface area contributed by atoms with Gasteiger partial charge in [-0.1, -0.05) is 42.0 Å². The lowest BCUT2D eigenvalue weighted by Crippen LogP contribution is -2.25. The van der Waals surface area contributed by atoms with E-state index in [0.29, 0.717) is 18.7 Å². The van der Waals surface area contributed by atoms with Gasteiger partial charge in [0.25, 0.3) is 5.91 Å². The van der Waals surface area contributed by atoms with Gasteiger partial charge in [-0.05, 0) is 48.4 Å². The minimum Gasteiger partial charge on any atom is -0.497 e. The topological polar surface area (TPSA) is 50.8 Å². The van der Waals surface area contributed by atoms with Gasteiger partial charge in [-0.25, -0.2) is 0 Å². The van der Waals surface area contributed by atoms with Gasteiger partial charge in [0.15, 0.2) is 0 Å². The first-order valence-corrected chi connectivity index (χ1v) is 10.6. The molecular formula is C26H28N2O3. The Labute approximate surface area is 183 Å². The lowest BCUT2D eigenvalue weighted by Gasteiger charge is -2.20. The van der Waals surface area contributed by atoms with Gasteiger partial charge in [-0.2, -0.15) is 0 Å². The lowest BCUT2D eigenvalue weighted by molar-refractivity contribution is 0.0950. The molecule has 1 aliphatic rings. The smallest absolute Gasteiger partial charge is 0.251 e. The number of carbonyl (C=O) groups excluding carboxylic acids is 1. The van der Waals surface area contributed by atoms with E-state index in [2.05, 4.69) is 41.4 Å². The van der Waals surface area contributed by atoms with Gasteiger partial charge >= 0.3 is 0 Å². The normalized spacial score (nSPS) is 13.6. The van der Waals surface area contributed by atoms with Crippen LogP contribution >= 0.6 is 0 Å². The average Bonchev–Trinajstić information content (AvgIpc) is 2.99. The highest BCUT2D eigenvalue weighted by Gasteiger charge is 2.18. The fourth-order valence-corrected chi connectivity index (χ4v) is 3.74. The molecule has 0 saturated carbocycles. The molecule has 0 aromatic heterocycles. The van der Waals surface area contributed by atoms with Gasteiger partial charge in [0.1, 0.15) is 18.1 Å². The highest BCUT2D eigenvalue weighted by molar-refractivity contribution is 5.94. The predicted molar refractivity (Wildman–Crippen MR) is 121 cm³/mol. The summed E-state index contributed by atoms with van der Waals surface area (Å²) in [6.45, 7) is 5.53. The van der Waals surface area contributed by atoms with Crippen LogP contribution in [0.4, 0.5) is 0 Å². The van der Waals surface area contributed by atoms with Crippen LogP contribution in [0.25, 0.3) is 0 Å². The number of ether oxygens (including phenoxy) is 2. The number of aryl methyl sites for hydroxylation is 1. The van der Waals surface area contributed by atoms with E-state index < -0.39 is 0 Å². The fourth-order valence-electron chi connectivity index (χ4n) is 3.74. The molecule has 160 valence electrons. The molecule has 0 unspecified atom stereocenters. The molecule has 1 N–H and O–H groups in total. The maximum Gasteiger partial charge on any atom is 0.251 e. The molecule has 0 fully saturated rings. The molecule has 5 nitrogen and oxygen atoms in total. The van der Waals surface area contributed by atoms with Crippen LogP contribution in [0.5, 0.6) is 11.5 Å². The lowest BCUT2D eigenvalue weighted by atomic mass is 10.1. The zero-order valence-corrected chi connectivity index (χ0v) is 18.1. The number of methoxy groups -OCH3 is 1. The molecule has 5 heteroatoms. The van der Waals surface area contributed by atoms with Crippen molar-refractivity contribution >= 4 is 5.91 Å². The third kappa shape index (κ3) is 5.44. The second kappa shape index (κ2) is 9.67. The summed E-state index contributed by atoms with van der Waals surface area (Å²) >= 11 is 0. The highest BCUT2D eigenvalue weighted by Crippen LogP contribution is 2.26. The Balaban J connectivity index is 1.44. The molecule has 0 bridgehead atoms. The molecule has 0 spiro atoms. The van der Waals surface area contributed by atoms with Crippen LogP contribution in [0, 0.1) is 6.92 Å². The van der Waals surface area contributed by atoms with E-state index in [-0.39, 0.29) is 5.91 Å². The number of hydrogen-bond acceptors (Lipinski definition) is 4. The molecule has 0 radical (unpaired) electrons. The third-order valence-electron chi connectivity index (χ3n) is 5.50. The van der Waals surface area contributed by atoms with Crippen LogP contribution in [-0.2, 0) is 19.6 Å². The zero-order valence-electron chi connectivity index (χ0n) is 18.1. The molecule has 0 aliphatic carbocycles. The molecular weight excluding hydrogens is 388 g/mol. The number of rotatable bonds is 6. The van der Waals surface area contributed by atoms with Gasteiger partial charge in [-0.3, -0.25) is 9.69 Å². The van der Waals surface area contributed by atoms with E-state index in [4.69, 9.17) is 9.47 Å². The molecule has 4 rings (SSSR count). The van der Waals surface area contributed by atoms with Crippen LogP contribution in [0.1, 0.15) is 32.6 Å². The maximum atomic E-state index is 12.7. The van der Waals surface area contributed by atoms with Crippen molar-refractivity contribution in [2.45, 2.75) is 26.6 Å². The Kier molecular flexibility index (Phi) is 6.53. The van der Waals surface area contributed by atoms with E-state index in [1.54, 1.807) is 7.11 Å². The zero-order chi connectivity index (χ0) is 21.6. The molecule has 3 aromatic carbocycles. The van der Waals surface area contributed by atoms with E-state index in [0.717, 1.165) is 42.3 Å². The van der Waals surface area contributed by atoms with Gasteiger partial charge in [-0.15, -0.1) is 0 Å². The van der Waals surface area contributed by atoms with Crippen molar-refractivity contribution in [3.05, 3.63) is 94.5 Å². The van der Waals surface area contributed by atoms with E-state index in [1.165, 1.54) is 11.1 Å². The number of carbonyl (C=O) groups is 1. The van der Waals surface area contributed by atoms with Crippen LogP contribution < -0.4 is 14.8 Å². The minimum atomic E-state index is -0.0769. The molecule has 31 heavy (non-hydrogen) atoms. The van der Waals surface area contributed by atoms with Crippen molar-refractivity contribution in [2.24, 2.45) is 0 Å². The van der Waals surface area contributed by atoms with Gasteiger partial charge in [0.05, 0.1) is 7.11 Å². The Morgan fingerprint density at radius 2 is 1.90 bits per heavy atom. The molecule has 1 aliphatic heterocycles. The summed E-state index contributed by atoms with van der Waals surface area (Å²) in [4.78, 5) is 15.0. The largest absolute Gasteiger partial charge is 0.497 e. The second-order valence-corrected chi connectivity index (χ2v) is 7.90. The first-order chi connectivity index (χ1) is 15.1. The summed E-state index contributed by atoms with van der Waals surface area (Å²) in [7, 11) is 1.68. The third-order valence-corrected chi connectivity index (χ3v) is 5.50. The van der Waals surface area contributed by atoms with Crippen molar-refractivity contribution in [3.63, 3.8) is 0 Å². The Morgan fingerprint density at radius 1 is 1.06 bits per heavy atom. The van der Waals surface area contributed by atoms with Gasteiger partial charge in [0, 0.05) is 37.3 Å². The first kappa shape index (κ1) is 20.9. The second-order valence-electron chi connectivity index (χ2n) is 7.90. The molecule has 1 amide bonds. The van der Waals surface area contributed by atoms with E-state index in [1.807, 2.05) is 42.5 Å². The van der Waals surface area contributed by atoms with Gasteiger partial charge in [0.2, 0.25) is 0 Å². The molecule has 1 heterocycles. The number of amides is 1. The Morgan fingerprint density at radius 3 is 2.71 bits per heavy atom.